The summed E-state index contributed by atoms with van der Waals surface area (Å²) in [6, 6.07) is 6.11. The summed E-state index contributed by atoms with van der Waals surface area (Å²) >= 11 is 0. The van der Waals surface area contributed by atoms with Crippen molar-refractivity contribution in [2.75, 3.05) is 27.8 Å². The van der Waals surface area contributed by atoms with Gasteiger partial charge in [-0.1, -0.05) is 6.07 Å². The molecule has 0 amide bonds. The first-order chi connectivity index (χ1) is 10.1. The van der Waals surface area contributed by atoms with E-state index in [0.29, 0.717) is 6.42 Å². The third-order valence-electron chi connectivity index (χ3n) is 4.81. The smallest absolute Gasteiger partial charge is 0.161 e. The Bertz CT molecular complexity index is 608. The predicted molar refractivity (Wildman–Crippen MR) is 80.8 cm³/mol. The Kier molecular flexibility index (Phi) is 3.40. The first-order valence-corrected chi connectivity index (χ1v) is 7.29. The highest BCUT2D eigenvalue weighted by Crippen LogP contribution is 2.49. The summed E-state index contributed by atoms with van der Waals surface area (Å²) in [7, 11) is 5.36. The van der Waals surface area contributed by atoms with Gasteiger partial charge in [-0.15, -0.1) is 0 Å². The number of nitrogens with zero attached hydrogens (tertiary/aromatic N) is 1. The number of carbonyl (C=O) groups excluding carboxylic acids is 1. The first-order valence-electron chi connectivity index (χ1n) is 7.29. The van der Waals surface area contributed by atoms with Gasteiger partial charge >= 0.3 is 0 Å². The molecule has 3 rings (SSSR count). The highest BCUT2D eigenvalue weighted by Gasteiger charge is 2.45. The molecule has 1 heterocycles. The molecule has 1 aliphatic carbocycles. The van der Waals surface area contributed by atoms with Crippen LogP contribution in [0.3, 0.4) is 0 Å². The summed E-state index contributed by atoms with van der Waals surface area (Å²) in [6.45, 7) is 0.980. The van der Waals surface area contributed by atoms with Gasteiger partial charge in [0, 0.05) is 37.2 Å². The Morgan fingerprint density at radius 2 is 1.90 bits per heavy atom. The SMILES string of the molecule is COc1ccc(C23CCC(=O)C=C2N(C)CC3)cc1OC. The fourth-order valence-electron chi connectivity index (χ4n) is 3.61. The predicted octanol–water partition coefficient (Wildman–Crippen LogP) is 2.52. The maximum absolute atomic E-state index is 11.8. The minimum atomic E-state index is -0.0534. The monoisotopic (exact) mass is 287 g/mol. The molecule has 1 unspecified atom stereocenters. The number of rotatable bonds is 3. The van der Waals surface area contributed by atoms with Gasteiger partial charge in [0.15, 0.2) is 17.3 Å². The van der Waals surface area contributed by atoms with E-state index in [0.717, 1.165) is 36.6 Å². The van der Waals surface area contributed by atoms with E-state index in [2.05, 4.69) is 24.1 Å². The molecular formula is C17H21NO3. The Balaban J connectivity index is 2.10. The molecule has 0 saturated carbocycles. The minimum Gasteiger partial charge on any atom is -0.493 e. The fourth-order valence-corrected chi connectivity index (χ4v) is 3.61. The molecule has 0 aromatic heterocycles. The molecule has 4 heteroatoms. The van der Waals surface area contributed by atoms with Gasteiger partial charge in [-0.2, -0.15) is 0 Å². The van der Waals surface area contributed by atoms with Gasteiger partial charge in [-0.3, -0.25) is 4.79 Å². The van der Waals surface area contributed by atoms with E-state index >= 15 is 0 Å². The van der Waals surface area contributed by atoms with Gasteiger partial charge in [0.2, 0.25) is 0 Å². The number of likely N-dealkylation sites (N-methyl/N-ethyl adjacent to an activating group) is 1. The number of methoxy groups -OCH3 is 2. The van der Waals surface area contributed by atoms with Gasteiger partial charge in [-0.25, -0.2) is 0 Å². The lowest BCUT2D eigenvalue weighted by Gasteiger charge is -2.35. The third kappa shape index (κ3) is 2.09. The normalized spacial score (nSPS) is 24.6. The van der Waals surface area contributed by atoms with E-state index in [-0.39, 0.29) is 11.2 Å². The topological polar surface area (TPSA) is 38.8 Å². The number of ketones is 1. The number of likely N-dealkylation sites (tertiary alicyclic amines) is 1. The molecule has 1 aromatic carbocycles. The largest absolute Gasteiger partial charge is 0.493 e. The second-order valence-corrected chi connectivity index (χ2v) is 5.82. The van der Waals surface area contributed by atoms with Crippen LogP contribution >= 0.6 is 0 Å². The maximum atomic E-state index is 11.8. The van der Waals surface area contributed by atoms with Crippen molar-refractivity contribution in [2.24, 2.45) is 0 Å². The van der Waals surface area contributed by atoms with Crippen molar-refractivity contribution < 1.29 is 14.3 Å². The zero-order valence-corrected chi connectivity index (χ0v) is 12.8. The van der Waals surface area contributed by atoms with Gasteiger partial charge in [-0.05, 0) is 30.5 Å². The molecule has 1 aliphatic heterocycles. The molecule has 4 nitrogen and oxygen atoms in total. The lowest BCUT2D eigenvalue weighted by molar-refractivity contribution is -0.115. The van der Waals surface area contributed by atoms with Crippen LogP contribution in [-0.2, 0) is 10.2 Å². The standard InChI is InChI=1S/C17H21NO3/c1-18-9-8-17(7-6-13(19)11-16(17)18)12-4-5-14(20-2)15(10-12)21-3/h4-5,10-11H,6-9H2,1-3H3. The molecule has 1 aromatic rings. The van der Waals surface area contributed by atoms with Crippen LogP contribution in [0.2, 0.25) is 0 Å². The number of hydrogen-bond acceptors (Lipinski definition) is 4. The molecule has 21 heavy (non-hydrogen) atoms. The van der Waals surface area contributed by atoms with E-state index in [1.807, 2.05) is 12.1 Å². The molecule has 2 aliphatic rings. The molecule has 1 atom stereocenters. The highest BCUT2D eigenvalue weighted by molar-refractivity contribution is 5.92. The average Bonchev–Trinajstić information content (AvgIpc) is 2.85. The Morgan fingerprint density at radius 3 is 2.62 bits per heavy atom. The summed E-state index contributed by atoms with van der Waals surface area (Å²) in [5.74, 6) is 1.71. The van der Waals surface area contributed by atoms with Crippen molar-refractivity contribution in [3.63, 3.8) is 0 Å². The number of fused-ring (bicyclic) bond motifs is 1. The second-order valence-electron chi connectivity index (χ2n) is 5.82. The first kappa shape index (κ1) is 14.0. The molecule has 0 spiro atoms. The second kappa shape index (κ2) is 5.10. The van der Waals surface area contributed by atoms with Crippen molar-refractivity contribution in [3.05, 3.63) is 35.5 Å². The number of hydrogen-bond donors (Lipinski definition) is 0. The molecular weight excluding hydrogens is 266 g/mol. The van der Waals surface area contributed by atoms with Crippen molar-refractivity contribution in [1.82, 2.24) is 4.90 Å². The van der Waals surface area contributed by atoms with Gasteiger partial charge < -0.3 is 14.4 Å². The minimum absolute atomic E-state index is 0.0534. The summed E-state index contributed by atoms with van der Waals surface area (Å²) < 4.78 is 10.8. The van der Waals surface area contributed by atoms with Crippen molar-refractivity contribution in [3.8, 4) is 11.5 Å². The van der Waals surface area contributed by atoms with E-state index in [9.17, 15) is 4.79 Å². The lowest BCUT2D eigenvalue weighted by atomic mass is 9.70. The van der Waals surface area contributed by atoms with E-state index < -0.39 is 0 Å². The summed E-state index contributed by atoms with van der Waals surface area (Å²) in [4.78, 5) is 14.0. The molecule has 1 fully saturated rings. The lowest BCUT2D eigenvalue weighted by Crippen LogP contribution is -2.32. The van der Waals surface area contributed by atoms with E-state index in [4.69, 9.17) is 9.47 Å². The van der Waals surface area contributed by atoms with Crippen LogP contribution in [0.1, 0.15) is 24.8 Å². The van der Waals surface area contributed by atoms with Crippen LogP contribution in [0.4, 0.5) is 0 Å². The van der Waals surface area contributed by atoms with Crippen LogP contribution in [0.25, 0.3) is 0 Å². The highest BCUT2D eigenvalue weighted by atomic mass is 16.5. The van der Waals surface area contributed by atoms with Gasteiger partial charge in [0.1, 0.15) is 0 Å². The van der Waals surface area contributed by atoms with E-state index in [1.54, 1.807) is 14.2 Å². The summed E-state index contributed by atoms with van der Waals surface area (Å²) in [5, 5.41) is 0. The Morgan fingerprint density at radius 1 is 1.14 bits per heavy atom. The number of allylic oxidation sites excluding steroid dienone is 2. The number of ether oxygens (including phenoxy) is 2. The quantitative estimate of drug-likeness (QED) is 0.856. The maximum Gasteiger partial charge on any atom is 0.161 e. The third-order valence-corrected chi connectivity index (χ3v) is 4.81. The summed E-state index contributed by atoms with van der Waals surface area (Å²) in [6.07, 6.45) is 4.36. The Hall–Kier alpha value is -1.97. The van der Waals surface area contributed by atoms with Crippen LogP contribution in [0, 0.1) is 0 Å². The van der Waals surface area contributed by atoms with Crippen molar-refractivity contribution in [1.29, 1.82) is 0 Å². The fraction of sp³-hybridized carbons (Fsp3) is 0.471. The molecule has 0 N–H and O–H groups in total. The molecule has 0 radical (unpaired) electrons. The van der Waals surface area contributed by atoms with Crippen LogP contribution in [0.5, 0.6) is 11.5 Å². The van der Waals surface area contributed by atoms with Gasteiger partial charge in [0.05, 0.1) is 14.2 Å². The Labute approximate surface area is 125 Å². The van der Waals surface area contributed by atoms with Crippen molar-refractivity contribution >= 4 is 5.78 Å². The van der Waals surface area contributed by atoms with Crippen LogP contribution in [-0.4, -0.2) is 38.5 Å². The zero-order valence-electron chi connectivity index (χ0n) is 12.8. The van der Waals surface area contributed by atoms with Gasteiger partial charge in [0.25, 0.3) is 0 Å². The number of carbonyl (C=O) groups is 1. The molecule has 112 valence electrons. The molecule has 1 saturated heterocycles. The van der Waals surface area contributed by atoms with E-state index in [1.165, 1.54) is 5.56 Å². The number of benzene rings is 1. The average molecular weight is 287 g/mol. The van der Waals surface area contributed by atoms with Crippen molar-refractivity contribution in [2.45, 2.75) is 24.7 Å². The van der Waals surface area contributed by atoms with Crippen LogP contribution in [0.15, 0.2) is 30.0 Å². The molecule has 0 bridgehead atoms. The van der Waals surface area contributed by atoms with Crippen LogP contribution < -0.4 is 9.47 Å². The summed E-state index contributed by atoms with van der Waals surface area (Å²) in [5.41, 5.74) is 2.30. The zero-order chi connectivity index (χ0) is 15.0.